The van der Waals surface area contributed by atoms with E-state index in [-0.39, 0.29) is 6.67 Å². The standard InChI is InChI=1S/C10H12F/c11-9-5-4-8-10-6-2-1-3-7-10/h1,6H,2-3,5,7,9H2. The van der Waals surface area contributed by atoms with Gasteiger partial charge in [-0.05, 0) is 31.3 Å². The maximum absolute atomic E-state index is 11.6. The smallest absolute Gasteiger partial charge is 0.100 e. The summed E-state index contributed by atoms with van der Waals surface area (Å²) in [6.07, 6.45) is 7.92. The van der Waals surface area contributed by atoms with Gasteiger partial charge in [-0.1, -0.05) is 17.9 Å². The van der Waals surface area contributed by atoms with Crippen molar-refractivity contribution in [1.82, 2.24) is 0 Å². The average molecular weight is 151 g/mol. The first-order valence-corrected chi connectivity index (χ1v) is 3.99. The Kier molecular flexibility index (Phi) is 3.75. The van der Waals surface area contributed by atoms with E-state index in [9.17, 15) is 4.39 Å². The molecule has 0 saturated heterocycles. The number of allylic oxidation sites excluding steroid dienone is 2. The molecule has 0 aromatic heterocycles. The largest absolute Gasteiger partial charge is 0.250 e. The zero-order valence-corrected chi connectivity index (χ0v) is 6.57. The quantitative estimate of drug-likeness (QED) is 0.505. The molecule has 0 amide bonds. The molecule has 0 unspecified atom stereocenters. The Morgan fingerprint density at radius 1 is 1.55 bits per heavy atom. The predicted octanol–water partition coefficient (Wildman–Crippen LogP) is 2.66. The van der Waals surface area contributed by atoms with Crippen molar-refractivity contribution in [2.24, 2.45) is 0 Å². The minimum absolute atomic E-state index is 0.327. The highest BCUT2D eigenvalue weighted by molar-refractivity contribution is 5.30. The fraction of sp³-hybridized carbons (Fsp3) is 0.500. The van der Waals surface area contributed by atoms with Gasteiger partial charge in [0.25, 0.3) is 0 Å². The van der Waals surface area contributed by atoms with Gasteiger partial charge in [0.1, 0.15) is 6.67 Å². The molecule has 1 aliphatic carbocycles. The van der Waals surface area contributed by atoms with E-state index >= 15 is 0 Å². The zero-order chi connectivity index (χ0) is 7.94. The molecule has 1 rings (SSSR count). The van der Waals surface area contributed by atoms with Gasteiger partial charge in [-0.15, -0.1) is 0 Å². The molecule has 0 nitrogen and oxygen atoms in total. The van der Waals surface area contributed by atoms with Gasteiger partial charge in [0.2, 0.25) is 0 Å². The summed E-state index contributed by atoms with van der Waals surface area (Å²) >= 11 is 0. The molecular formula is C10H12F. The van der Waals surface area contributed by atoms with Gasteiger partial charge in [-0.3, -0.25) is 4.39 Å². The van der Waals surface area contributed by atoms with Crippen LogP contribution in [0.4, 0.5) is 4.39 Å². The summed E-state index contributed by atoms with van der Waals surface area (Å²) in [7, 11) is 0. The SMILES string of the molecule is FCCC#CC1=CC[CH]CC1. The van der Waals surface area contributed by atoms with Gasteiger partial charge in [-0.25, -0.2) is 0 Å². The van der Waals surface area contributed by atoms with E-state index in [1.165, 1.54) is 5.57 Å². The maximum Gasteiger partial charge on any atom is 0.100 e. The highest BCUT2D eigenvalue weighted by Gasteiger charge is 1.99. The molecule has 0 fully saturated rings. The van der Waals surface area contributed by atoms with Crippen molar-refractivity contribution >= 4 is 0 Å². The molecule has 0 saturated carbocycles. The fourth-order valence-electron chi connectivity index (χ4n) is 1.04. The number of rotatable bonds is 1. The summed E-state index contributed by atoms with van der Waals surface area (Å²) in [5.41, 5.74) is 1.18. The maximum atomic E-state index is 11.6. The fourth-order valence-corrected chi connectivity index (χ4v) is 1.04. The molecule has 0 aliphatic heterocycles. The summed E-state index contributed by atoms with van der Waals surface area (Å²) in [5, 5.41) is 0. The van der Waals surface area contributed by atoms with Crippen LogP contribution in [-0.2, 0) is 0 Å². The molecule has 1 heteroatoms. The molecule has 0 aromatic carbocycles. The summed E-state index contributed by atoms with van der Waals surface area (Å²) in [4.78, 5) is 0. The Balaban J connectivity index is 2.36. The van der Waals surface area contributed by atoms with Crippen molar-refractivity contribution in [2.45, 2.75) is 25.7 Å². The van der Waals surface area contributed by atoms with Crippen LogP contribution in [0.1, 0.15) is 25.7 Å². The van der Waals surface area contributed by atoms with Gasteiger partial charge in [0.05, 0.1) is 0 Å². The number of hydrogen-bond acceptors (Lipinski definition) is 0. The van der Waals surface area contributed by atoms with E-state index in [2.05, 4.69) is 24.3 Å². The monoisotopic (exact) mass is 151 g/mol. The van der Waals surface area contributed by atoms with E-state index in [4.69, 9.17) is 0 Å². The summed E-state index contributed by atoms with van der Waals surface area (Å²) in [6, 6.07) is 0. The van der Waals surface area contributed by atoms with Crippen LogP contribution in [0.15, 0.2) is 11.6 Å². The Hall–Kier alpha value is -0.770. The third-order valence-corrected chi connectivity index (χ3v) is 1.62. The normalized spacial score (nSPS) is 16.6. The van der Waals surface area contributed by atoms with Crippen LogP contribution in [0.2, 0.25) is 0 Å². The number of hydrogen-bond donors (Lipinski definition) is 0. The molecule has 59 valence electrons. The van der Waals surface area contributed by atoms with Crippen molar-refractivity contribution in [3.05, 3.63) is 18.1 Å². The van der Waals surface area contributed by atoms with E-state index in [1.807, 2.05) is 0 Å². The molecule has 1 radical (unpaired) electrons. The van der Waals surface area contributed by atoms with Crippen LogP contribution in [-0.4, -0.2) is 6.67 Å². The van der Waals surface area contributed by atoms with Gasteiger partial charge in [-0.2, -0.15) is 0 Å². The summed E-state index contributed by atoms with van der Waals surface area (Å²) < 4.78 is 11.6. The number of alkyl halides is 1. The van der Waals surface area contributed by atoms with E-state index < -0.39 is 0 Å². The lowest BCUT2D eigenvalue weighted by atomic mass is 10.0. The second-order valence-corrected chi connectivity index (χ2v) is 2.53. The number of halogens is 1. The molecule has 0 atom stereocenters. The van der Waals surface area contributed by atoms with Crippen molar-refractivity contribution < 1.29 is 4.39 Å². The molecule has 0 N–H and O–H groups in total. The van der Waals surface area contributed by atoms with Crippen molar-refractivity contribution in [1.29, 1.82) is 0 Å². The van der Waals surface area contributed by atoms with Crippen LogP contribution < -0.4 is 0 Å². The Labute approximate surface area is 67.5 Å². The Bertz CT molecular complexity index is 193. The lowest BCUT2D eigenvalue weighted by Crippen LogP contribution is -1.89. The lowest BCUT2D eigenvalue weighted by molar-refractivity contribution is 0.505. The molecule has 0 spiro atoms. The van der Waals surface area contributed by atoms with Crippen LogP contribution in [0.3, 0.4) is 0 Å². The first-order valence-electron chi connectivity index (χ1n) is 3.99. The van der Waals surface area contributed by atoms with Gasteiger partial charge in [0, 0.05) is 6.42 Å². The molecular weight excluding hydrogens is 139 g/mol. The highest BCUT2D eigenvalue weighted by Crippen LogP contribution is 2.15. The molecule has 11 heavy (non-hydrogen) atoms. The summed E-state index contributed by atoms with van der Waals surface area (Å²) in [6.45, 7) is -0.327. The Morgan fingerprint density at radius 3 is 3.09 bits per heavy atom. The molecule has 0 heterocycles. The minimum atomic E-state index is -0.327. The van der Waals surface area contributed by atoms with Gasteiger partial charge in [0.15, 0.2) is 0 Å². The zero-order valence-electron chi connectivity index (χ0n) is 6.57. The van der Waals surface area contributed by atoms with E-state index in [0.717, 1.165) is 19.3 Å². The molecule has 0 aromatic rings. The van der Waals surface area contributed by atoms with Crippen LogP contribution >= 0.6 is 0 Å². The van der Waals surface area contributed by atoms with Crippen molar-refractivity contribution in [3.8, 4) is 11.8 Å². The Morgan fingerprint density at radius 2 is 2.45 bits per heavy atom. The second kappa shape index (κ2) is 4.96. The highest BCUT2D eigenvalue weighted by atomic mass is 19.1. The van der Waals surface area contributed by atoms with Crippen molar-refractivity contribution in [2.75, 3.05) is 6.67 Å². The first kappa shape index (κ1) is 8.33. The van der Waals surface area contributed by atoms with Crippen molar-refractivity contribution in [3.63, 3.8) is 0 Å². The van der Waals surface area contributed by atoms with Crippen LogP contribution in [0.25, 0.3) is 0 Å². The average Bonchev–Trinajstić information content (AvgIpc) is 2.07. The topological polar surface area (TPSA) is 0 Å². The van der Waals surface area contributed by atoms with Crippen LogP contribution in [0, 0.1) is 18.3 Å². The molecule has 1 aliphatic rings. The molecule has 0 bridgehead atoms. The van der Waals surface area contributed by atoms with E-state index in [0.29, 0.717) is 6.42 Å². The van der Waals surface area contributed by atoms with Gasteiger partial charge >= 0.3 is 0 Å². The summed E-state index contributed by atoms with van der Waals surface area (Å²) in [5.74, 6) is 5.77. The van der Waals surface area contributed by atoms with E-state index in [1.54, 1.807) is 0 Å². The van der Waals surface area contributed by atoms with Crippen LogP contribution in [0.5, 0.6) is 0 Å². The lowest BCUT2D eigenvalue weighted by Gasteiger charge is -2.04. The van der Waals surface area contributed by atoms with Gasteiger partial charge < -0.3 is 0 Å². The third-order valence-electron chi connectivity index (χ3n) is 1.62. The first-order chi connectivity index (χ1) is 5.43. The predicted molar refractivity (Wildman–Crippen MR) is 44.6 cm³/mol. The minimum Gasteiger partial charge on any atom is -0.250 e. The third kappa shape index (κ3) is 3.23. The second-order valence-electron chi connectivity index (χ2n) is 2.53.